The van der Waals surface area contributed by atoms with E-state index in [9.17, 15) is 0 Å². The zero-order chi connectivity index (χ0) is 16.2. The smallest absolute Gasteiger partial charge is 0.258 e. The van der Waals surface area contributed by atoms with Crippen molar-refractivity contribution in [3.63, 3.8) is 0 Å². The first-order valence-corrected chi connectivity index (χ1v) is 7.47. The highest BCUT2D eigenvalue weighted by atomic mass is 16.5. The molecule has 0 amide bonds. The Bertz CT molecular complexity index is 937. The fourth-order valence-corrected chi connectivity index (χ4v) is 2.26. The van der Waals surface area contributed by atoms with Crippen molar-refractivity contribution in [1.29, 1.82) is 0 Å². The summed E-state index contributed by atoms with van der Waals surface area (Å²) in [5.41, 5.74) is 1.46. The molecule has 2 aromatic carbocycles. The molecule has 0 unspecified atom stereocenters. The molecule has 2 aromatic heterocycles. The highest BCUT2D eigenvalue weighted by Crippen LogP contribution is 2.27. The molecule has 0 spiro atoms. The molecule has 0 aliphatic heterocycles. The van der Waals surface area contributed by atoms with Gasteiger partial charge in [0.15, 0.2) is 0 Å². The second kappa shape index (κ2) is 6.34. The molecule has 24 heavy (non-hydrogen) atoms. The molecule has 0 N–H and O–H groups in total. The van der Waals surface area contributed by atoms with Crippen molar-refractivity contribution in [3.8, 4) is 34.5 Å². The van der Waals surface area contributed by atoms with Crippen LogP contribution in [0.2, 0.25) is 0 Å². The number of pyridine rings is 1. The maximum atomic E-state index is 5.83. The molecule has 0 aliphatic carbocycles. The van der Waals surface area contributed by atoms with Crippen LogP contribution in [0.1, 0.15) is 0 Å². The van der Waals surface area contributed by atoms with E-state index < -0.39 is 0 Å². The molecule has 0 fully saturated rings. The van der Waals surface area contributed by atoms with Crippen LogP contribution in [0.4, 0.5) is 0 Å². The SMILES string of the molecule is c1ccc(Oc2cccc(-c3nc(-c4ccccn4)no3)c2)cc1. The maximum absolute atomic E-state index is 5.83. The molecule has 4 rings (SSSR count). The summed E-state index contributed by atoms with van der Waals surface area (Å²) >= 11 is 0. The van der Waals surface area contributed by atoms with Crippen molar-refractivity contribution in [2.45, 2.75) is 0 Å². The van der Waals surface area contributed by atoms with Crippen molar-refractivity contribution in [3.05, 3.63) is 79.0 Å². The molecule has 0 atom stereocenters. The van der Waals surface area contributed by atoms with Gasteiger partial charge in [-0.25, -0.2) is 0 Å². The summed E-state index contributed by atoms with van der Waals surface area (Å²) in [6, 6.07) is 22.7. The number of hydrogen-bond donors (Lipinski definition) is 0. The van der Waals surface area contributed by atoms with Gasteiger partial charge in [-0.1, -0.05) is 35.5 Å². The van der Waals surface area contributed by atoms with Gasteiger partial charge in [-0.05, 0) is 42.5 Å². The lowest BCUT2D eigenvalue weighted by Crippen LogP contribution is -1.86. The number of nitrogens with zero attached hydrogens (tertiary/aromatic N) is 3. The molecule has 0 saturated carbocycles. The van der Waals surface area contributed by atoms with Crippen LogP contribution in [-0.2, 0) is 0 Å². The molecule has 0 bridgehead atoms. The Labute approximate surface area is 138 Å². The molecular weight excluding hydrogens is 302 g/mol. The van der Waals surface area contributed by atoms with Crippen molar-refractivity contribution in [1.82, 2.24) is 15.1 Å². The van der Waals surface area contributed by atoms with Gasteiger partial charge < -0.3 is 9.26 Å². The van der Waals surface area contributed by atoms with Gasteiger partial charge in [0.05, 0.1) is 0 Å². The monoisotopic (exact) mass is 315 g/mol. The highest BCUT2D eigenvalue weighted by Gasteiger charge is 2.12. The van der Waals surface area contributed by atoms with Gasteiger partial charge in [0.1, 0.15) is 17.2 Å². The Morgan fingerprint density at radius 3 is 2.46 bits per heavy atom. The van der Waals surface area contributed by atoms with Crippen molar-refractivity contribution < 1.29 is 9.26 Å². The largest absolute Gasteiger partial charge is 0.457 e. The average molecular weight is 315 g/mol. The van der Waals surface area contributed by atoms with Crippen molar-refractivity contribution in [2.24, 2.45) is 0 Å². The first-order valence-electron chi connectivity index (χ1n) is 7.47. The lowest BCUT2D eigenvalue weighted by molar-refractivity contribution is 0.431. The van der Waals surface area contributed by atoms with E-state index in [4.69, 9.17) is 9.26 Å². The van der Waals surface area contributed by atoms with Crippen LogP contribution >= 0.6 is 0 Å². The van der Waals surface area contributed by atoms with E-state index >= 15 is 0 Å². The number of benzene rings is 2. The molecule has 116 valence electrons. The second-order valence-electron chi connectivity index (χ2n) is 5.08. The molecule has 0 aliphatic rings. The van der Waals surface area contributed by atoms with E-state index in [1.54, 1.807) is 6.20 Å². The number of aromatic nitrogens is 3. The summed E-state index contributed by atoms with van der Waals surface area (Å²) in [6.07, 6.45) is 1.69. The number of hydrogen-bond acceptors (Lipinski definition) is 5. The molecule has 5 heteroatoms. The van der Waals surface area contributed by atoms with Gasteiger partial charge in [-0.3, -0.25) is 4.98 Å². The Kier molecular flexibility index (Phi) is 3.73. The van der Waals surface area contributed by atoms with Gasteiger partial charge >= 0.3 is 0 Å². The predicted octanol–water partition coefficient (Wildman–Crippen LogP) is 4.59. The summed E-state index contributed by atoms with van der Waals surface area (Å²) in [4.78, 5) is 8.62. The summed E-state index contributed by atoms with van der Waals surface area (Å²) in [5.74, 6) is 2.36. The fraction of sp³-hybridized carbons (Fsp3) is 0. The number of para-hydroxylation sites is 1. The minimum atomic E-state index is 0.425. The zero-order valence-corrected chi connectivity index (χ0v) is 12.7. The van der Waals surface area contributed by atoms with Gasteiger partial charge in [-0.15, -0.1) is 0 Å². The van der Waals surface area contributed by atoms with E-state index in [1.165, 1.54) is 0 Å². The third kappa shape index (κ3) is 3.01. The minimum Gasteiger partial charge on any atom is -0.457 e. The Morgan fingerprint density at radius 2 is 1.62 bits per heavy atom. The topological polar surface area (TPSA) is 61.0 Å². The van der Waals surface area contributed by atoms with Crippen LogP contribution in [0.15, 0.2) is 83.5 Å². The van der Waals surface area contributed by atoms with Gasteiger partial charge in [-0.2, -0.15) is 4.98 Å². The standard InChI is InChI=1S/C19H13N3O2/c1-2-8-15(9-3-1)23-16-10-6-7-14(13-16)19-21-18(22-24-19)17-11-4-5-12-20-17/h1-13H. The predicted molar refractivity (Wildman–Crippen MR) is 89.5 cm³/mol. The number of ether oxygens (including phenoxy) is 1. The van der Waals surface area contributed by atoms with Crippen LogP contribution in [0.5, 0.6) is 11.5 Å². The van der Waals surface area contributed by atoms with Crippen LogP contribution in [-0.4, -0.2) is 15.1 Å². The van der Waals surface area contributed by atoms with E-state index in [-0.39, 0.29) is 0 Å². The lowest BCUT2D eigenvalue weighted by Gasteiger charge is -2.05. The van der Waals surface area contributed by atoms with Crippen LogP contribution in [0.25, 0.3) is 23.0 Å². The van der Waals surface area contributed by atoms with E-state index in [0.29, 0.717) is 23.2 Å². The molecular formula is C19H13N3O2. The van der Waals surface area contributed by atoms with E-state index in [1.807, 2.05) is 72.8 Å². The summed E-state index contributed by atoms with van der Waals surface area (Å²) in [6.45, 7) is 0. The molecule has 2 heterocycles. The third-order valence-electron chi connectivity index (χ3n) is 3.38. The fourth-order valence-electron chi connectivity index (χ4n) is 2.26. The summed E-state index contributed by atoms with van der Waals surface area (Å²) in [7, 11) is 0. The van der Waals surface area contributed by atoms with Crippen LogP contribution < -0.4 is 4.74 Å². The molecule has 5 nitrogen and oxygen atoms in total. The molecule has 4 aromatic rings. The average Bonchev–Trinajstić information content (AvgIpc) is 3.14. The van der Waals surface area contributed by atoms with Gasteiger partial charge in [0, 0.05) is 11.8 Å². The van der Waals surface area contributed by atoms with E-state index in [2.05, 4.69) is 15.1 Å². The lowest BCUT2D eigenvalue weighted by atomic mass is 10.2. The number of rotatable bonds is 4. The van der Waals surface area contributed by atoms with Gasteiger partial charge in [0.25, 0.3) is 5.89 Å². The van der Waals surface area contributed by atoms with Crippen LogP contribution in [0, 0.1) is 0 Å². The molecule has 0 saturated heterocycles. The van der Waals surface area contributed by atoms with E-state index in [0.717, 1.165) is 11.3 Å². The van der Waals surface area contributed by atoms with Crippen molar-refractivity contribution >= 4 is 0 Å². The van der Waals surface area contributed by atoms with Crippen molar-refractivity contribution in [2.75, 3.05) is 0 Å². The highest BCUT2D eigenvalue weighted by molar-refractivity contribution is 5.59. The Morgan fingerprint density at radius 1 is 0.792 bits per heavy atom. The zero-order valence-electron chi connectivity index (χ0n) is 12.7. The Balaban J connectivity index is 1.61. The summed E-state index contributed by atoms with van der Waals surface area (Å²) in [5, 5.41) is 3.99. The molecule has 0 radical (unpaired) electrons. The summed E-state index contributed by atoms with van der Waals surface area (Å²) < 4.78 is 11.2. The quantitative estimate of drug-likeness (QED) is 0.551. The first kappa shape index (κ1) is 14.1. The minimum absolute atomic E-state index is 0.425. The normalized spacial score (nSPS) is 10.5. The third-order valence-corrected chi connectivity index (χ3v) is 3.38. The maximum Gasteiger partial charge on any atom is 0.258 e. The first-order chi connectivity index (χ1) is 11.9. The van der Waals surface area contributed by atoms with Crippen LogP contribution in [0.3, 0.4) is 0 Å². The second-order valence-corrected chi connectivity index (χ2v) is 5.08. The van der Waals surface area contributed by atoms with Gasteiger partial charge in [0.2, 0.25) is 5.82 Å². The Hall–Kier alpha value is -3.47.